The normalized spacial score (nSPS) is 24.3. The Morgan fingerprint density at radius 1 is 1.20 bits per heavy atom. The number of thioether (sulfide) groups is 2. The van der Waals surface area contributed by atoms with Crippen LogP contribution in [0.1, 0.15) is 4.88 Å². The first kappa shape index (κ1) is 28.3. The number of anilines is 1. The van der Waals surface area contributed by atoms with Crippen molar-refractivity contribution in [2.75, 3.05) is 43.5 Å². The van der Waals surface area contributed by atoms with Gasteiger partial charge >= 0.3 is 5.97 Å². The number of ether oxygens (including phenoxy) is 1. The Kier molecular flexibility index (Phi) is 8.14. The predicted octanol–water partition coefficient (Wildman–Crippen LogP) is 3.48. The number of fused-ring (bicyclic) bond motifs is 2. The molecule has 0 spiro atoms. The molecular weight excluding hydrogens is 603 g/mol. The lowest BCUT2D eigenvalue weighted by Crippen LogP contribution is -2.73. The minimum absolute atomic E-state index is 0.0318. The number of thiophene rings is 1. The topological polar surface area (TPSA) is 116 Å². The third-order valence-electron chi connectivity index (χ3n) is 7.40. The van der Waals surface area contributed by atoms with Gasteiger partial charge in [-0.2, -0.15) is 0 Å². The third-order valence-corrected chi connectivity index (χ3v) is 11.9. The smallest absolute Gasteiger partial charge is 0.316 e. The zero-order valence-corrected chi connectivity index (χ0v) is 25.1. The fraction of sp³-hybridized carbons (Fsp3) is 0.357. The summed E-state index contributed by atoms with van der Waals surface area (Å²) in [7, 11) is 0. The van der Waals surface area contributed by atoms with Gasteiger partial charge in [-0.3, -0.25) is 19.2 Å². The molecule has 0 saturated carbocycles. The molecule has 6 rings (SSSR count). The first-order chi connectivity index (χ1) is 19.8. The van der Waals surface area contributed by atoms with Crippen LogP contribution in [0.4, 0.5) is 5.69 Å². The number of morpholine rings is 1. The van der Waals surface area contributed by atoms with E-state index >= 15 is 0 Å². The van der Waals surface area contributed by atoms with Crippen LogP contribution in [0.5, 0.6) is 0 Å². The molecule has 5 heterocycles. The van der Waals surface area contributed by atoms with E-state index in [0.717, 1.165) is 32.6 Å². The largest absolute Gasteiger partial charge is 0.481 e. The van der Waals surface area contributed by atoms with E-state index in [4.69, 9.17) is 4.74 Å². The summed E-state index contributed by atoms with van der Waals surface area (Å²) in [6.45, 7) is 2.98. The van der Waals surface area contributed by atoms with Gasteiger partial charge in [0.2, 0.25) is 11.8 Å². The van der Waals surface area contributed by atoms with Gasteiger partial charge < -0.3 is 25.0 Å². The van der Waals surface area contributed by atoms with Crippen molar-refractivity contribution in [2.45, 2.75) is 22.0 Å². The number of carbonyl (C=O) groups is 3. The van der Waals surface area contributed by atoms with Crippen LogP contribution in [0.2, 0.25) is 0 Å². The summed E-state index contributed by atoms with van der Waals surface area (Å²) in [4.78, 5) is 55.2. The minimum Gasteiger partial charge on any atom is -0.481 e. The van der Waals surface area contributed by atoms with E-state index in [1.807, 2.05) is 35.7 Å². The number of carboxylic acid groups (broad SMARTS) is 1. The molecule has 0 bridgehead atoms. The highest BCUT2D eigenvalue weighted by Gasteiger charge is 2.56. The zero-order chi connectivity index (χ0) is 28.6. The molecule has 13 heteroatoms. The number of nitrogens with zero attached hydrogens (tertiary/aromatic N) is 2. The Hall–Kier alpha value is -2.84. The van der Waals surface area contributed by atoms with Crippen LogP contribution >= 0.6 is 46.2 Å². The second-order valence-corrected chi connectivity index (χ2v) is 14.5. The van der Waals surface area contributed by atoms with Crippen molar-refractivity contribution in [1.82, 2.24) is 10.2 Å². The lowest BCUT2D eigenvalue weighted by Gasteiger charge is -2.53. The zero-order valence-electron chi connectivity index (χ0n) is 21.8. The van der Waals surface area contributed by atoms with Crippen LogP contribution in [0.25, 0.3) is 10.1 Å². The predicted molar refractivity (Wildman–Crippen MR) is 164 cm³/mol. The van der Waals surface area contributed by atoms with E-state index < -0.39 is 17.4 Å². The van der Waals surface area contributed by atoms with Crippen molar-refractivity contribution >= 4 is 79.8 Å². The number of carboxylic acids is 1. The number of β-lactam (4-membered cyclic amide) rings is 1. The highest BCUT2D eigenvalue weighted by atomic mass is 32.2. The van der Waals surface area contributed by atoms with Gasteiger partial charge in [0.1, 0.15) is 16.8 Å². The molecule has 2 N–H and O–H groups in total. The molecule has 1 aromatic carbocycles. The van der Waals surface area contributed by atoms with Gasteiger partial charge in [-0.15, -0.1) is 34.4 Å². The maximum Gasteiger partial charge on any atom is 0.316 e. The summed E-state index contributed by atoms with van der Waals surface area (Å²) in [5.41, 5.74) is -0.292. The molecule has 9 nitrogen and oxygen atoms in total. The van der Waals surface area contributed by atoms with Crippen LogP contribution in [0.15, 0.2) is 62.3 Å². The van der Waals surface area contributed by atoms with Crippen LogP contribution < -0.4 is 15.6 Å². The molecule has 3 saturated heterocycles. The molecule has 3 atom stereocenters. The highest BCUT2D eigenvalue weighted by Crippen LogP contribution is 2.43. The molecule has 3 aliphatic rings. The number of hydrogen-bond donors (Lipinski definition) is 2. The number of amides is 2. The van der Waals surface area contributed by atoms with Gasteiger partial charge in [0.05, 0.1) is 23.8 Å². The Balaban J connectivity index is 1.12. The molecule has 41 heavy (non-hydrogen) atoms. The van der Waals surface area contributed by atoms with Gasteiger partial charge in [-0.1, -0.05) is 23.9 Å². The molecule has 0 radical (unpaired) electrons. The van der Waals surface area contributed by atoms with Crippen molar-refractivity contribution in [3.63, 3.8) is 0 Å². The van der Waals surface area contributed by atoms with E-state index in [1.54, 1.807) is 17.6 Å². The first-order valence-electron chi connectivity index (χ1n) is 13.1. The summed E-state index contributed by atoms with van der Waals surface area (Å²) in [6.07, 6.45) is 1.85. The van der Waals surface area contributed by atoms with Gasteiger partial charge in [-0.05, 0) is 35.1 Å². The molecular formula is C28H27N3O6S4. The van der Waals surface area contributed by atoms with Crippen LogP contribution in [-0.4, -0.2) is 77.8 Å². The minimum atomic E-state index is -1.26. The van der Waals surface area contributed by atoms with Gasteiger partial charge in [-0.25, -0.2) is 0 Å². The molecule has 2 unspecified atom stereocenters. The number of aliphatic carboxylic acids is 1. The molecule has 0 aliphatic carbocycles. The van der Waals surface area contributed by atoms with Crippen LogP contribution in [0.3, 0.4) is 0 Å². The van der Waals surface area contributed by atoms with Gasteiger partial charge in [0.25, 0.3) is 0 Å². The summed E-state index contributed by atoms with van der Waals surface area (Å²) >= 11 is 5.65. The molecule has 3 aromatic rings. The van der Waals surface area contributed by atoms with Crippen LogP contribution in [0, 0.1) is 5.41 Å². The Labute approximate surface area is 252 Å². The Morgan fingerprint density at radius 2 is 2.02 bits per heavy atom. The van der Waals surface area contributed by atoms with Gasteiger partial charge in [0, 0.05) is 52.1 Å². The number of nitrogens with one attached hydrogen (secondary N) is 1. The number of carbonyl (C=O) groups excluding carboxylic acids is 2. The molecule has 3 aliphatic heterocycles. The average molecular weight is 630 g/mol. The van der Waals surface area contributed by atoms with Crippen molar-refractivity contribution in [1.29, 1.82) is 0 Å². The summed E-state index contributed by atoms with van der Waals surface area (Å²) in [6, 6.07) is 10.5. The van der Waals surface area contributed by atoms with E-state index in [1.165, 1.54) is 51.1 Å². The van der Waals surface area contributed by atoms with Gasteiger partial charge in [0.15, 0.2) is 5.43 Å². The van der Waals surface area contributed by atoms with Crippen molar-refractivity contribution in [2.24, 2.45) is 5.41 Å². The Morgan fingerprint density at radius 3 is 2.78 bits per heavy atom. The fourth-order valence-corrected chi connectivity index (χ4v) is 9.45. The summed E-state index contributed by atoms with van der Waals surface area (Å²) in [5.74, 6) is -1.23. The molecule has 3 fully saturated rings. The standard InChI is InChI=1S/C28H27N3O6S4/c32-20-14-23(41-21-12-17(3-4-19(20)21)30-6-8-37-9-7-30)39-11-5-28(27(35)36)15-31-25(34)24(26(31)40-16-28)29-22(33)13-18-2-1-10-38-18/h1-5,10-12,14,24,26H,6-9,13,15-16H2,(H,29,33)(H,35,36)/t24?,26-,28?/m1/s1. The first-order valence-corrected chi connectivity index (χ1v) is 16.7. The van der Waals surface area contributed by atoms with Crippen molar-refractivity contribution in [3.05, 3.63) is 68.4 Å². The summed E-state index contributed by atoms with van der Waals surface area (Å²) in [5, 5.41) is 17.0. The number of rotatable bonds is 8. The fourth-order valence-electron chi connectivity index (χ4n) is 5.12. The van der Waals surface area contributed by atoms with E-state index in [-0.39, 0.29) is 41.3 Å². The number of benzene rings is 1. The maximum absolute atomic E-state index is 12.9. The van der Waals surface area contributed by atoms with Crippen LogP contribution in [-0.2, 0) is 25.5 Å². The molecule has 214 valence electrons. The highest BCUT2D eigenvalue weighted by molar-refractivity contribution is 8.04. The summed E-state index contributed by atoms with van der Waals surface area (Å²) < 4.78 is 7.08. The Bertz CT molecular complexity index is 1570. The molecule has 2 amide bonds. The lowest BCUT2D eigenvalue weighted by molar-refractivity contribution is -0.156. The third kappa shape index (κ3) is 5.78. The van der Waals surface area contributed by atoms with E-state index in [2.05, 4.69) is 10.2 Å². The lowest BCUT2D eigenvalue weighted by atomic mass is 9.87. The average Bonchev–Trinajstić information content (AvgIpc) is 3.49. The van der Waals surface area contributed by atoms with Crippen molar-refractivity contribution in [3.8, 4) is 0 Å². The second-order valence-electron chi connectivity index (χ2n) is 10.1. The van der Waals surface area contributed by atoms with E-state index in [0.29, 0.717) is 18.6 Å². The number of hydrogen-bond acceptors (Lipinski definition) is 10. The SMILES string of the molecule is O=C(Cc1cccs1)NC1C(=O)N2CC(C=CSc3cc(=O)c4ccc(N5CCOCC5)cc4s3)(C(=O)O)CS[C@H]12. The maximum atomic E-state index is 12.9. The van der Waals surface area contributed by atoms with E-state index in [9.17, 15) is 24.3 Å². The quantitative estimate of drug-likeness (QED) is 0.286. The monoisotopic (exact) mass is 629 g/mol. The second kappa shape index (κ2) is 11.8. The molecule has 2 aromatic heterocycles. The van der Waals surface area contributed by atoms with Crippen molar-refractivity contribution < 1.29 is 24.2 Å².